The van der Waals surface area contributed by atoms with Crippen molar-refractivity contribution in [3.63, 3.8) is 0 Å². The second-order valence-corrected chi connectivity index (χ2v) is 6.19. The minimum Gasteiger partial charge on any atom is -0.484 e. The summed E-state index contributed by atoms with van der Waals surface area (Å²) in [7, 11) is 0. The fraction of sp³-hybridized carbons (Fsp3) is 0.300. The third-order valence-corrected chi connectivity index (χ3v) is 4.34. The summed E-state index contributed by atoms with van der Waals surface area (Å²) in [4.78, 5) is 25.8. The Morgan fingerprint density at radius 3 is 2.65 bits per heavy atom. The molecule has 1 aliphatic heterocycles. The number of carbonyl (C=O) groups is 2. The number of hydrogen-bond donors (Lipinski definition) is 1. The Balaban J connectivity index is 1.59. The molecule has 1 N–H and O–H groups in total. The number of rotatable bonds is 5. The van der Waals surface area contributed by atoms with E-state index in [0.29, 0.717) is 24.4 Å². The van der Waals surface area contributed by atoms with Gasteiger partial charge in [-0.05, 0) is 53.9 Å². The summed E-state index contributed by atoms with van der Waals surface area (Å²) in [6.07, 6.45) is 1.31. The number of nitrogens with one attached hydrogen (secondary N) is 1. The quantitative estimate of drug-likeness (QED) is 0.895. The lowest BCUT2D eigenvalue weighted by Crippen LogP contribution is -2.35. The van der Waals surface area contributed by atoms with Crippen molar-refractivity contribution in [2.75, 3.05) is 18.5 Å². The molecule has 5 nitrogen and oxygen atoms in total. The maximum atomic E-state index is 12.9. The maximum Gasteiger partial charge on any atom is 0.262 e. The summed E-state index contributed by atoms with van der Waals surface area (Å²) in [5, 5.41) is 2.79. The van der Waals surface area contributed by atoms with Crippen molar-refractivity contribution in [3.05, 3.63) is 59.4 Å². The van der Waals surface area contributed by atoms with Crippen LogP contribution in [0.5, 0.6) is 5.75 Å². The molecule has 0 aromatic heterocycles. The largest absolute Gasteiger partial charge is 0.484 e. The molecule has 26 heavy (non-hydrogen) atoms. The molecule has 0 radical (unpaired) electrons. The molecule has 0 unspecified atom stereocenters. The summed E-state index contributed by atoms with van der Waals surface area (Å²) >= 11 is 0. The molecule has 3 rings (SSSR count). The van der Waals surface area contributed by atoms with Crippen LogP contribution in [0.2, 0.25) is 0 Å². The standard InChI is InChI=1S/C20H21FN2O3/c1-2-20(25)23-10-9-14-3-6-17(11-15(14)12-23)22-19(24)13-26-18-7-4-16(21)5-8-18/h3-8,11H,2,9-10,12-13H2,1H3,(H,22,24). The molecule has 0 saturated carbocycles. The third-order valence-electron chi connectivity index (χ3n) is 4.34. The number of hydrogen-bond acceptors (Lipinski definition) is 3. The molecule has 0 fully saturated rings. The second kappa shape index (κ2) is 7.99. The minimum absolute atomic E-state index is 0.137. The van der Waals surface area contributed by atoms with Crippen LogP contribution in [0.15, 0.2) is 42.5 Å². The molecule has 1 heterocycles. The Labute approximate surface area is 151 Å². The average molecular weight is 356 g/mol. The van der Waals surface area contributed by atoms with Gasteiger partial charge in [0.25, 0.3) is 5.91 Å². The Bertz CT molecular complexity index is 805. The fourth-order valence-electron chi connectivity index (χ4n) is 2.95. The number of amides is 2. The van der Waals surface area contributed by atoms with E-state index in [9.17, 15) is 14.0 Å². The zero-order valence-corrected chi connectivity index (χ0v) is 14.6. The summed E-state index contributed by atoms with van der Waals surface area (Å²) in [5.41, 5.74) is 2.92. The summed E-state index contributed by atoms with van der Waals surface area (Å²) in [6, 6.07) is 11.2. The van der Waals surface area contributed by atoms with Crippen molar-refractivity contribution in [2.45, 2.75) is 26.3 Å². The van der Waals surface area contributed by atoms with E-state index in [1.54, 1.807) is 0 Å². The third kappa shape index (κ3) is 4.39. The highest BCUT2D eigenvalue weighted by Crippen LogP contribution is 2.23. The van der Waals surface area contributed by atoms with Crippen molar-refractivity contribution >= 4 is 17.5 Å². The van der Waals surface area contributed by atoms with Gasteiger partial charge >= 0.3 is 0 Å². The van der Waals surface area contributed by atoms with Crippen LogP contribution in [0.4, 0.5) is 10.1 Å². The molecule has 1 aliphatic rings. The molecule has 2 aromatic rings. The molecule has 0 aliphatic carbocycles. The molecule has 0 bridgehead atoms. The van der Waals surface area contributed by atoms with Crippen LogP contribution >= 0.6 is 0 Å². The van der Waals surface area contributed by atoms with Crippen LogP contribution < -0.4 is 10.1 Å². The predicted octanol–water partition coefficient (Wildman–Crippen LogP) is 3.14. The number of nitrogens with zero attached hydrogens (tertiary/aromatic N) is 1. The predicted molar refractivity (Wildman–Crippen MR) is 96.4 cm³/mol. The Morgan fingerprint density at radius 2 is 1.92 bits per heavy atom. The van der Waals surface area contributed by atoms with Gasteiger partial charge in [-0.25, -0.2) is 4.39 Å². The number of halogens is 1. The molecule has 6 heteroatoms. The molecular weight excluding hydrogens is 335 g/mol. The van der Waals surface area contributed by atoms with Gasteiger partial charge in [0, 0.05) is 25.2 Å². The molecule has 0 atom stereocenters. The molecule has 136 valence electrons. The average Bonchev–Trinajstić information content (AvgIpc) is 2.66. The van der Waals surface area contributed by atoms with Gasteiger partial charge in [0.1, 0.15) is 11.6 Å². The van der Waals surface area contributed by atoms with Crippen LogP contribution in [0, 0.1) is 5.82 Å². The Morgan fingerprint density at radius 1 is 1.15 bits per heavy atom. The van der Waals surface area contributed by atoms with Crippen molar-refractivity contribution in [3.8, 4) is 5.75 Å². The summed E-state index contributed by atoms with van der Waals surface area (Å²) in [5.74, 6) is -0.0865. The van der Waals surface area contributed by atoms with Crippen LogP contribution in [0.3, 0.4) is 0 Å². The van der Waals surface area contributed by atoms with Crippen LogP contribution in [0.1, 0.15) is 24.5 Å². The maximum absolute atomic E-state index is 12.9. The van der Waals surface area contributed by atoms with Gasteiger partial charge in [-0.3, -0.25) is 9.59 Å². The first-order valence-corrected chi connectivity index (χ1v) is 8.63. The lowest BCUT2D eigenvalue weighted by atomic mass is 9.99. The van der Waals surface area contributed by atoms with Crippen LogP contribution in [-0.4, -0.2) is 29.9 Å². The Hall–Kier alpha value is -2.89. The van der Waals surface area contributed by atoms with Gasteiger partial charge in [-0.1, -0.05) is 13.0 Å². The van der Waals surface area contributed by atoms with Crippen LogP contribution in [0.25, 0.3) is 0 Å². The van der Waals surface area contributed by atoms with Gasteiger partial charge in [-0.15, -0.1) is 0 Å². The number of ether oxygens (including phenoxy) is 1. The number of fused-ring (bicyclic) bond motifs is 1. The fourth-order valence-corrected chi connectivity index (χ4v) is 2.95. The van der Waals surface area contributed by atoms with Crippen molar-refractivity contribution in [2.24, 2.45) is 0 Å². The molecule has 2 amide bonds. The Kier molecular flexibility index (Phi) is 5.51. The number of benzene rings is 2. The first-order valence-electron chi connectivity index (χ1n) is 8.63. The molecule has 0 spiro atoms. The van der Waals surface area contributed by atoms with E-state index >= 15 is 0 Å². The topological polar surface area (TPSA) is 58.6 Å². The first-order chi connectivity index (χ1) is 12.5. The van der Waals surface area contributed by atoms with E-state index in [4.69, 9.17) is 4.74 Å². The van der Waals surface area contributed by atoms with Gasteiger partial charge < -0.3 is 15.0 Å². The van der Waals surface area contributed by atoms with Gasteiger partial charge in [0.05, 0.1) is 0 Å². The van der Waals surface area contributed by atoms with Crippen molar-refractivity contribution in [1.29, 1.82) is 0 Å². The SMILES string of the molecule is CCC(=O)N1CCc2ccc(NC(=O)COc3ccc(F)cc3)cc2C1. The highest BCUT2D eigenvalue weighted by molar-refractivity contribution is 5.92. The van der Waals surface area contributed by atoms with Crippen molar-refractivity contribution in [1.82, 2.24) is 4.90 Å². The van der Waals surface area contributed by atoms with Gasteiger partial charge in [0.15, 0.2) is 6.61 Å². The number of anilines is 1. The van der Waals surface area contributed by atoms with Gasteiger partial charge in [-0.2, -0.15) is 0 Å². The molecule has 0 saturated heterocycles. The molecular formula is C20H21FN2O3. The number of carbonyl (C=O) groups excluding carboxylic acids is 2. The molecule has 2 aromatic carbocycles. The van der Waals surface area contributed by atoms with E-state index in [2.05, 4.69) is 5.32 Å². The first kappa shape index (κ1) is 17.9. The highest BCUT2D eigenvalue weighted by Gasteiger charge is 2.19. The zero-order valence-electron chi connectivity index (χ0n) is 14.6. The van der Waals surface area contributed by atoms with E-state index in [0.717, 1.165) is 18.5 Å². The lowest BCUT2D eigenvalue weighted by Gasteiger charge is -2.29. The second-order valence-electron chi connectivity index (χ2n) is 6.19. The normalized spacial score (nSPS) is 13.1. The highest BCUT2D eigenvalue weighted by atomic mass is 19.1. The van der Waals surface area contributed by atoms with Gasteiger partial charge in [0.2, 0.25) is 5.91 Å². The smallest absolute Gasteiger partial charge is 0.262 e. The monoisotopic (exact) mass is 356 g/mol. The van der Waals surface area contributed by atoms with E-state index in [-0.39, 0.29) is 24.2 Å². The minimum atomic E-state index is -0.355. The van der Waals surface area contributed by atoms with E-state index in [1.165, 1.54) is 29.8 Å². The van der Waals surface area contributed by atoms with Crippen molar-refractivity contribution < 1.29 is 18.7 Å². The summed E-state index contributed by atoms with van der Waals surface area (Å²) in [6.45, 7) is 2.99. The zero-order chi connectivity index (χ0) is 18.5. The lowest BCUT2D eigenvalue weighted by molar-refractivity contribution is -0.131. The van der Waals surface area contributed by atoms with E-state index in [1.807, 2.05) is 30.0 Å². The summed E-state index contributed by atoms with van der Waals surface area (Å²) < 4.78 is 18.2. The van der Waals surface area contributed by atoms with E-state index < -0.39 is 0 Å². The van der Waals surface area contributed by atoms with Crippen LogP contribution in [-0.2, 0) is 22.6 Å².